The van der Waals surface area contributed by atoms with Gasteiger partial charge in [-0.1, -0.05) is 0 Å². The van der Waals surface area contributed by atoms with Gasteiger partial charge in [-0.3, -0.25) is 4.99 Å². The standard InChI is InChI=1S/C24H42N4O3.HI/c1-27(16-19-29-2)13-3-6-21-10-14-28(15-11-21)24(26-20-23-8-5-18-31-23)25-12-9-22-7-4-17-30-22;/h4,7,17,21,23H,3,5-6,8-16,18-20H2,1-2H3,(H,25,26);1H. The maximum absolute atomic E-state index is 5.78. The highest BCUT2D eigenvalue weighted by molar-refractivity contribution is 14.0. The van der Waals surface area contributed by atoms with Crippen molar-refractivity contribution >= 4 is 29.9 Å². The molecule has 0 bridgehead atoms. The Morgan fingerprint density at radius 2 is 2.12 bits per heavy atom. The van der Waals surface area contributed by atoms with Crippen LogP contribution in [-0.4, -0.2) is 88.5 Å². The molecule has 0 spiro atoms. The first kappa shape index (κ1) is 27.4. The van der Waals surface area contributed by atoms with Crippen molar-refractivity contribution in [1.29, 1.82) is 0 Å². The molecule has 1 aromatic heterocycles. The van der Waals surface area contributed by atoms with Crippen molar-refractivity contribution in [3.05, 3.63) is 24.2 Å². The van der Waals surface area contributed by atoms with Gasteiger partial charge in [0.2, 0.25) is 0 Å². The minimum Gasteiger partial charge on any atom is -0.469 e. The maximum Gasteiger partial charge on any atom is 0.194 e. The Balaban J connectivity index is 0.00000363. The van der Waals surface area contributed by atoms with Gasteiger partial charge in [0.05, 0.1) is 25.5 Å². The minimum absolute atomic E-state index is 0. The molecule has 2 saturated heterocycles. The first-order valence-electron chi connectivity index (χ1n) is 12.1. The van der Waals surface area contributed by atoms with E-state index in [-0.39, 0.29) is 30.1 Å². The van der Waals surface area contributed by atoms with Crippen molar-refractivity contribution in [1.82, 2.24) is 15.1 Å². The van der Waals surface area contributed by atoms with Gasteiger partial charge < -0.3 is 29.0 Å². The number of nitrogens with zero attached hydrogens (tertiary/aromatic N) is 3. The lowest BCUT2D eigenvalue weighted by Gasteiger charge is -2.34. The van der Waals surface area contributed by atoms with E-state index in [0.29, 0.717) is 0 Å². The third-order valence-corrected chi connectivity index (χ3v) is 6.45. The van der Waals surface area contributed by atoms with Gasteiger partial charge in [0.1, 0.15) is 5.76 Å². The number of piperidine rings is 1. The number of halogens is 1. The van der Waals surface area contributed by atoms with Crippen LogP contribution in [0.15, 0.2) is 27.8 Å². The Hall–Kier alpha value is -0.840. The molecule has 1 N–H and O–H groups in total. The number of methoxy groups -OCH3 is 1. The highest BCUT2D eigenvalue weighted by Gasteiger charge is 2.22. The number of likely N-dealkylation sites (tertiary alicyclic amines) is 1. The fourth-order valence-corrected chi connectivity index (χ4v) is 4.44. The summed E-state index contributed by atoms with van der Waals surface area (Å²) in [6.07, 6.45) is 10.3. The van der Waals surface area contributed by atoms with Gasteiger partial charge >= 0.3 is 0 Å². The normalized spacial score (nSPS) is 20.0. The first-order chi connectivity index (χ1) is 15.2. The lowest BCUT2D eigenvalue weighted by atomic mass is 9.92. The molecule has 184 valence electrons. The largest absolute Gasteiger partial charge is 0.469 e. The van der Waals surface area contributed by atoms with Crippen LogP contribution in [0.2, 0.25) is 0 Å². The Kier molecular flexibility index (Phi) is 13.6. The van der Waals surface area contributed by atoms with E-state index >= 15 is 0 Å². The molecule has 2 fully saturated rings. The molecular formula is C24H43IN4O3. The molecule has 7 nitrogen and oxygen atoms in total. The molecule has 3 heterocycles. The number of ether oxygens (including phenoxy) is 2. The molecule has 1 aromatic rings. The number of aliphatic imine (C=N–C) groups is 1. The first-order valence-corrected chi connectivity index (χ1v) is 12.1. The van der Waals surface area contributed by atoms with E-state index in [9.17, 15) is 0 Å². The Bertz CT molecular complexity index is 615. The van der Waals surface area contributed by atoms with Crippen LogP contribution >= 0.6 is 24.0 Å². The number of nitrogens with one attached hydrogen (secondary N) is 1. The average Bonchev–Trinajstić information content (AvgIpc) is 3.49. The average molecular weight is 563 g/mol. The maximum atomic E-state index is 5.78. The summed E-state index contributed by atoms with van der Waals surface area (Å²) in [6, 6.07) is 3.98. The van der Waals surface area contributed by atoms with Crippen LogP contribution in [0.4, 0.5) is 0 Å². The van der Waals surface area contributed by atoms with Gasteiger partial charge in [0.15, 0.2) is 5.96 Å². The van der Waals surface area contributed by atoms with Gasteiger partial charge in [-0.25, -0.2) is 0 Å². The lowest BCUT2D eigenvalue weighted by Crippen LogP contribution is -2.46. The van der Waals surface area contributed by atoms with Crippen molar-refractivity contribution in [3.8, 4) is 0 Å². The number of guanidine groups is 1. The predicted octanol–water partition coefficient (Wildman–Crippen LogP) is 3.64. The topological polar surface area (TPSA) is 62.5 Å². The van der Waals surface area contributed by atoms with E-state index in [1.54, 1.807) is 13.4 Å². The molecule has 2 aliphatic rings. The summed E-state index contributed by atoms with van der Waals surface area (Å²) in [5.41, 5.74) is 0. The smallest absolute Gasteiger partial charge is 0.194 e. The Morgan fingerprint density at radius 1 is 1.28 bits per heavy atom. The molecule has 1 unspecified atom stereocenters. The summed E-state index contributed by atoms with van der Waals surface area (Å²) >= 11 is 0. The lowest BCUT2D eigenvalue weighted by molar-refractivity contribution is 0.117. The van der Waals surface area contributed by atoms with E-state index in [1.807, 2.05) is 12.1 Å². The van der Waals surface area contributed by atoms with E-state index in [2.05, 4.69) is 22.2 Å². The second kappa shape index (κ2) is 15.9. The molecule has 0 saturated carbocycles. The molecule has 0 aliphatic carbocycles. The Morgan fingerprint density at radius 3 is 2.81 bits per heavy atom. The third kappa shape index (κ3) is 9.97. The van der Waals surface area contributed by atoms with Gasteiger partial charge in [0, 0.05) is 46.3 Å². The van der Waals surface area contributed by atoms with Gasteiger partial charge in [-0.15, -0.1) is 24.0 Å². The van der Waals surface area contributed by atoms with Crippen LogP contribution in [0.25, 0.3) is 0 Å². The number of rotatable bonds is 12. The Labute approximate surface area is 211 Å². The third-order valence-electron chi connectivity index (χ3n) is 6.45. The van der Waals surface area contributed by atoms with E-state index < -0.39 is 0 Å². The number of furan rings is 1. The van der Waals surface area contributed by atoms with Crippen molar-refractivity contribution < 1.29 is 13.9 Å². The number of likely N-dealkylation sites (N-methyl/N-ethyl adjacent to an activating group) is 1. The summed E-state index contributed by atoms with van der Waals surface area (Å²) in [5, 5.41) is 3.59. The quantitative estimate of drug-likeness (QED) is 0.239. The molecule has 32 heavy (non-hydrogen) atoms. The van der Waals surface area contributed by atoms with Crippen LogP contribution < -0.4 is 5.32 Å². The number of hydrogen-bond acceptors (Lipinski definition) is 5. The van der Waals surface area contributed by atoms with Crippen molar-refractivity contribution in [2.75, 3.05) is 66.6 Å². The molecule has 0 amide bonds. The van der Waals surface area contributed by atoms with Crippen LogP contribution in [-0.2, 0) is 15.9 Å². The highest BCUT2D eigenvalue weighted by atomic mass is 127. The zero-order valence-corrected chi connectivity index (χ0v) is 22.3. The summed E-state index contributed by atoms with van der Waals surface area (Å²) in [4.78, 5) is 9.76. The second-order valence-electron chi connectivity index (χ2n) is 8.92. The summed E-state index contributed by atoms with van der Waals surface area (Å²) in [6.45, 7) is 7.64. The fourth-order valence-electron chi connectivity index (χ4n) is 4.44. The minimum atomic E-state index is 0. The molecule has 0 radical (unpaired) electrons. The number of hydrogen-bond donors (Lipinski definition) is 1. The molecule has 1 atom stereocenters. The zero-order valence-electron chi connectivity index (χ0n) is 20.0. The van der Waals surface area contributed by atoms with E-state index in [4.69, 9.17) is 18.9 Å². The van der Waals surface area contributed by atoms with Crippen molar-refractivity contribution in [3.63, 3.8) is 0 Å². The van der Waals surface area contributed by atoms with E-state index in [0.717, 1.165) is 89.4 Å². The predicted molar refractivity (Wildman–Crippen MR) is 140 cm³/mol. The van der Waals surface area contributed by atoms with E-state index in [1.165, 1.54) is 25.7 Å². The highest BCUT2D eigenvalue weighted by Crippen LogP contribution is 2.22. The van der Waals surface area contributed by atoms with Gasteiger partial charge in [-0.2, -0.15) is 0 Å². The van der Waals surface area contributed by atoms with Crippen LogP contribution in [0, 0.1) is 5.92 Å². The van der Waals surface area contributed by atoms with Gasteiger partial charge in [-0.05, 0) is 70.2 Å². The molecule has 0 aromatic carbocycles. The monoisotopic (exact) mass is 562 g/mol. The summed E-state index contributed by atoms with van der Waals surface area (Å²) in [7, 11) is 3.96. The van der Waals surface area contributed by atoms with Crippen molar-refractivity contribution in [2.24, 2.45) is 10.9 Å². The summed E-state index contributed by atoms with van der Waals surface area (Å²) < 4.78 is 16.4. The van der Waals surface area contributed by atoms with Crippen LogP contribution in [0.5, 0.6) is 0 Å². The molecule has 3 rings (SSSR count). The zero-order chi connectivity index (χ0) is 21.7. The summed E-state index contributed by atoms with van der Waals surface area (Å²) in [5.74, 6) is 2.88. The molecule has 2 aliphatic heterocycles. The van der Waals surface area contributed by atoms with Crippen molar-refractivity contribution in [2.45, 2.75) is 51.0 Å². The SMILES string of the molecule is COCCN(C)CCCC1CCN(C(=NCC2CCCO2)NCCc2ccco2)CC1.I. The molecular weight excluding hydrogens is 519 g/mol. The molecule has 8 heteroatoms. The van der Waals surface area contributed by atoms with Gasteiger partial charge in [0.25, 0.3) is 0 Å². The fraction of sp³-hybridized carbons (Fsp3) is 0.792. The van der Waals surface area contributed by atoms with Crippen LogP contribution in [0.3, 0.4) is 0 Å². The second-order valence-corrected chi connectivity index (χ2v) is 8.92. The van der Waals surface area contributed by atoms with Crippen LogP contribution in [0.1, 0.15) is 44.3 Å².